The number of ether oxygens (including phenoxy) is 1. The van der Waals surface area contributed by atoms with Gasteiger partial charge in [-0.25, -0.2) is 4.98 Å². The van der Waals surface area contributed by atoms with Crippen LogP contribution in [0.1, 0.15) is 24.2 Å². The number of carbonyl (C=O) groups excluding carboxylic acids is 1. The topological polar surface area (TPSA) is 60.2 Å². The molecule has 0 radical (unpaired) electrons. The number of methoxy groups -OCH3 is 1. The fraction of sp³-hybridized carbons (Fsp3) is 0.375. The zero-order valence-corrected chi connectivity index (χ0v) is 17.6. The van der Waals surface area contributed by atoms with Crippen LogP contribution in [0, 0.1) is 12.8 Å². The third-order valence-corrected chi connectivity index (χ3v) is 5.85. The van der Waals surface area contributed by atoms with Crippen LogP contribution in [-0.2, 0) is 16.1 Å². The average molecular weight is 405 g/mol. The van der Waals surface area contributed by atoms with Crippen LogP contribution in [0.15, 0.2) is 54.9 Å². The first-order chi connectivity index (χ1) is 14.7. The minimum absolute atomic E-state index is 0.0692. The summed E-state index contributed by atoms with van der Waals surface area (Å²) in [7, 11) is 1.66. The van der Waals surface area contributed by atoms with Crippen molar-refractivity contribution >= 4 is 22.5 Å². The van der Waals surface area contributed by atoms with Crippen molar-refractivity contribution in [1.29, 1.82) is 0 Å². The summed E-state index contributed by atoms with van der Waals surface area (Å²) in [5, 5.41) is 0. The number of aryl methyl sites for hydroxylation is 1. The Morgan fingerprint density at radius 1 is 1.20 bits per heavy atom. The molecular weight excluding hydrogens is 376 g/mol. The normalized spacial score (nSPS) is 15.7. The summed E-state index contributed by atoms with van der Waals surface area (Å²) < 4.78 is 7.60. The van der Waals surface area contributed by atoms with E-state index in [1.807, 2.05) is 60.6 Å². The van der Waals surface area contributed by atoms with E-state index in [1.54, 1.807) is 13.2 Å². The summed E-state index contributed by atoms with van der Waals surface area (Å²) in [5.41, 5.74) is 4.02. The number of imidazole rings is 1. The first-order valence-corrected chi connectivity index (χ1v) is 10.5. The van der Waals surface area contributed by atoms with Crippen molar-refractivity contribution in [2.45, 2.75) is 26.3 Å². The molecule has 6 nitrogen and oxygen atoms in total. The molecular formula is C24H28N4O2. The minimum atomic E-state index is 0.0692. The molecule has 0 unspecified atom stereocenters. The van der Waals surface area contributed by atoms with E-state index in [1.165, 1.54) is 0 Å². The van der Waals surface area contributed by atoms with Gasteiger partial charge in [0.2, 0.25) is 5.91 Å². The number of hydrogen-bond acceptors (Lipinski definition) is 4. The van der Waals surface area contributed by atoms with Gasteiger partial charge in [-0.3, -0.25) is 9.78 Å². The van der Waals surface area contributed by atoms with Crippen LogP contribution >= 0.6 is 0 Å². The number of fused-ring (bicyclic) bond motifs is 1. The maximum Gasteiger partial charge on any atom is 0.246 e. The van der Waals surface area contributed by atoms with E-state index < -0.39 is 0 Å². The van der Waals surface area contributed by atoms with Gasteiger partial charge in [-0.2, -0.15) is 0 Å². The third-order valence-electron chi connectivity index (χ3n) is 5.85. The molecule has 1 aliphatic rings. The van der Waals surface area contributed by atoms with Crippen molar-refractivity contribution in [3.63, 3.8) is 0 Å². The Bertz CT molecular complexity index is 1030. The van der Waals surface area contributed by atoms with Gasteiger partial charge in [0.05, 0.1) is 18.3 Å². The van der Waals surface area contributed by atoms with Crippen molar-refractivity contribution < 1.29 is 9.53 Å². The molecule has 1 aromatic carbocycles. The zero-order valence-electron chi connectivity index (χ0n) is 17.6. The number of likely N-dealkylation sites (tertiary alicyclic amines) is 1. The van der Waals surface area contributed by atoms with Crippen LogP contribution in [0.5, 0.6) is 0 Å². The highest BCUT2D eigenvalue weighted by molar-refractivity contribution is 5.95. The van der Waals surface area contributed by atoms with Gasteiger partial charge < -0.3 is 14.2 Å². The Morgan fingerprint density at radius 2 is 1.97 bits per heavy atom. The Morgan fingerprint density at radius 3 is 2.70 bits per heavy atom. The van der Waals surface area contributed by atoms with Crippen molar-refractivity contribution in [2.24, 2.45) is 5.92 Å². The van der Waals surface area contributed by atoms with Crippen LogP contribution in [0.25, 0.3) is 16.6 Å². The number of piperidine rings is 1. The van der Waals surface area contributed by atoms with Gasteiger partial charge in [0, 0.05) is 39.0 Å². The Balaban J connectivity index is 1.40. The van der Waals surface area contributed by atoms with Gasteiger partial charge in [-0.1, -0.05) is 30.3 Å². The molecule has 0 N–H and O–H groups in total. The molecule has 1 amide bonds. The fourth-order valence-corrected chi connectivity index (χ4v) is 4.18. The largest absolute Gasteiger partial charge is 0.380 e. The number of benzene rings is 1. The van der Waals surface area contributed by atoms with Gasteiger partial charge in [0.25, 0.3) is 0 Å². The molecule has 1 fully saturated rings. The molecule has 2 aromatic heterocycles. The highest BCUT2D eigenvalue weighted by atomic mass is 16.5. The van der Waals surface area contributed by atoms with Crippen LogP contribution < -0.4 is 0 Å². The van der Waals surface area contributed by atoms with Gasteiger partial charge in [0.15, 0.2) is 0 Å². The number of carbonyl (C=O) groups is 1. The Kier molecular flexibility index (Phi) is 6.23. The monoisotopic (exact) mass is 404 g/mol. The molecule has 3 heterocycles. The van der Waals surface area contributed by atoms with Crippen LogP contribution in [-0.4, -0.2) is 52.1 Å². The fourth-order valence-electron chi connectivity index (χ4n) is 4.18. The molecule has 0 saturated carbocycles. The van der Waals surface area contributed by atoms with Crippen LogP contribution in [0.2, 0.25) is 0 Å². The Labute approximate surface area is 177 Å². The van der Waals surface area contributed by atoms with Crippen molar-refractivity contribution in [2.75, 3.05) is 26.8 Å². The van der Waals surface area contributed by atoms with E-state index >= 15 is 0 Å². The molecule has 4 rings (SSSR count). The van der Waals surface area contributed by atoms with E-state index in [4.69, 9.17) is 4.74 Å². The minimum Gasteiger partial charge on any atom is -0.380 e. The molecule has 156 valence electrons. The SMILES string of the molecule is COC/C(=C\C(=O)N1CCC(Cn2c(C)nc3cnccc32)CC1)c1ccccc1. The molecule has 3 aromatic rings. The quantitative estimate of drug-likeness (QED) is 0.588. The number of nitrogens with zero attached hydrogens (tertiary/aromatic N) is 4. The predicted molar refractivity (Wildman–Crippen MR) is 118 cm³/mol. The summed E-state index contributed by atoms with van der Waals surface area (Å²) >= 11 is 0. The third kappa shape index (κ3) is 4.44. The molecule has 1 saturated heterocycles. The molecule has 30 heavy (non-hydrogen) atoms. The molecule has 0 aliphatic carbocycles. The van der Waals surface area contributed by atoms with Gasteiger partial charge >= 0.3 is 0 Å². The lowest BCUT2D eigenvalue weighted by Gasteiger charge is -2.32. The first kappa shape index (κ1) is 20.3. The van der Waals surface area contributed by atoms with Gasteiger partial charge in [-0.15, -0.1) is 0 Å². The van der Waals surface area contributed by atoms with E-state index in [0.717, 1.165) is 60.5 Å². The maximum absolute atomic E-state index is 12.9. The van der Waals surface area contributed by atoms with E-state index in [-0.39, 0.29) is 5.91 Å². The number of pyridine rings is 1. The molecule has 0 bridgehead atoms. The van der Waals surface area contributed by atoms with Crippen LogP contribution in [0.4, 0.5) is 0 Å². The summed E-state index contributed by atoms with van der Waals surface area (Å²) in [4.78, 5) is 23.6. The van der Waals surface area contributed by atoms with E-state index in [9.17, 15) is 4.79 Å². The van der Waals surface area contributed by atoms with Crippen LogP contribution in [0.3, 0.4) is 0 Å². The standard InChI is InChI=1S/C24H28N4O2/c1-18-26-22-15-25-11-8-23(22)28(18)16-19-9-12-27(13-10-19)24(29)14-21(17-30-2)20-6-4-3-5-7-20/h3-8,11,14-15,19H,9-10,12-13,16-17H2,1-2H3/b21-14+. The number of amides is 1. The van der Waals surface area contributed by atoms with E-state index in [0.29, 0.717) is 12.5 Å². The first-order valence-electron chi connectivity index (χ1n) is 10.5. The van der Waals surface area contributed by atoms with Crippen molar-refractivity contribution in [3.05, 3.63) is 66.3 Å². The maximum atomic E-state index is 12.9. The Hall–Kier alpha value is -2.99. The average Bonchev–Trinajstić information content (AvgIpc) is 3.09. The molecule has 0 spiro atoms. The molecule has 0 atom stereocenters. The highest BCUT2D eigenvalue weighted by Gasteiger charge is 2.23. The second-order valence-corrected chi connectivity index (χ2v) is 7.87. The van der Waals surface area contributed by atoms with Crippen molar-refractivity contribution in [1.82, 2.24) is 19.4 Å². The second-order valence-electron chi connectivity index (χ2n) is 7.87. The molecule has 1 aliphatic heterocycles. The smallest absolute Gasteiger partial charge is 0.246 e. The number of rotatable bonds is 6. The van der Waals surface area contributed by atoms with E-state index in [2.05, 4.69) is 14.5 Å². The summed E-state index contributed by atoms with van der Waals surface area (Å²) in [6.45, 7) is 4.96. The number of aromatic nitrogens is 3. The zero-order chi connectivity index (χ0) is 20.9. The van der Waals surface area contributed by atoms with Gasteiger partial charge in [0.1, 0.15) is 11.3 Å². The lowest BCUT2D eigenvalue weighted by molar-refractivity contribution is -0.127. The summed E-state index contributed by atoms with van der Waals surface area (Å²) in [6.07, 6.45) is 7.36. The second kappa shape index (κ2) is 9.22. The van der Waals surface area contributed by atoms with Gasteiger partial charge in [-0.05, 0) is 42.9 Å². The number of hydrogen-bond donors (Lipinski definition) is 0. The summed E-state index contributed by atoms with van der Waals surface area (Å²) in [5.74, 6) is 1.63. The summed E-state index contributed by atoms with van der Waals surface area (Å²) in [6, 6.07) is 12.0. The lowest BCUT2D eigenvalue weighted by atomic mass is 9.96. The van der Waals surface area contributed by atoms with Crippen molar-refractivity contribution in [3.8, 4) is 0 Å². The predicted octanol–water partition coefficient (Wildman–Crippen LogP) is 3.71. The molecule has 6 heteroatoms. The highest BCUT2D eigenvalue weighted by Crippen LogP contribution is 2.24. The lowest BCUT2D eigenvalue weighted by Crippen LogP contribution is -2.38.